The molecular weight excluding hydrogens is 450 g/mol. The number of imidazole rings is 1. The van der Waals surface area contributed by atoms with Crippen LogP contribution in [0.15, 0.2) is 44.7 Å². The van der Waals surface area contributed by atoms with E-state index in [9.17, 15) is 14.4 Å². The van der Waals surface area contributed by atoms with Crippen LogP contribution in [-0.2, 0) is 24.4 Å². The number of hydrogen-bond acceptors (Lipinski definition) is 4. The molecule has 3 rings (SSSR count). The normalized spacial score (nSPS) is 11.2. The first-order valence-electron chi connectivity index (χ1n) is 10.2. The summed E-state index contributed by atoms with van der Waals surface area (Å²) in [4.78, 5) is 43.2. The second kappa shape index (κ2) is 9.88. The van der Waals surface area contributed by atoms with Gasteiger partial charge in [-0.2, -0.15) is 0 Å². The van der Waals surface area contributed by atoms with Crippen molar-refractivity contribution in [3.05, 3.63) is 55.9 Å². The maximum Gasteiger partial charge on any atom is 0.333 e. The number of aryl methyl sites for hydroxylation is 2. The Kier molecular flexibility index (Phi) is 7.25. The highest BCUT2D eigenvalue weighted by atomic mass is 79.9. The number of amides is 1. The summed E-state index contributed by atoms with van der Waals surface area (Å²) in [5.74, 6) is -0.437. The number of carbonyl (C=O) groups excluding carboxylic acids is 1. The third kappa shape index (κ3) is 4.72. The number of benzene rings is 1. The Labute approximate surface area is 182 Å². The SMILES string of the molecule is CCCCn1cnc2c1c(=O)n(CC(=O)Nc1cccc(Br)c1)c(=O)n2CCCC. The summed E-state index contributed by atoms with van der Waals surface area (Å²) in [5.41, 5.74) is 0.349. The molecule has 0 aliphatic heterocycles. The quantitative estimate of drug-likeness (QED) is 0.513. The fraction of sp³-hybridized carbons (Fsp3) is 0.429. The summed E-state index contributed by atoms with van der Waals surface area (Å²) in [6, 6.07) is 7.14. The molecule has 9 heteroatoms. The van der Waals surface area contributed by atoms with Crippen LogP contribution in [0.25, 0.3) is 11.2 Å². The van der Waals surface area contributed by atoms with Crippen LogP contribution in [0, 0.1) is 0 Å². The zero-order valence-corrected chi connectivity index (χ0v) is 18.8. The summed E-state index contributed by atoms with van der Waals surface area (Å²) in [6.45, 7) is 4.83. The van der Waals surface area contributed by atoms with Crippen molar-refractivity contribution in [2.75, 3.05) is 5.32 Å². The molecule has 3 aromatic rings. The first-order valence-corrected chi connectivity index (χ1v) is 11.0. The lowest BCUT2D eigenvalue weighted by Gasteiger charge is -2.12. The molecule has 1 aromatic carbocycles. The standard InChI is InChI=1S/C21H26BrN5O3/c1-3-5-10-25-14-23-19-18(25)20(29)27(21(30)26(19)11-6-4-2)13-17(28)24-16-9-7-8-15(22)12-16/h7-9,12,14H,3-6,10-11,13H2,1-2H3,(H,24,28). The van der Waals surface area contributed by atoms with E-state index in [1.807, 2.05) is 13.0 Å². The van der Waals surface area contributed by atoms with Crippen molar-refractivity contribution in [1.29, 1.82) is 0 Å². The Morgan fingerprint density at radius 3 is 2.53 bits per heavy atom. The molecule has 2 heterocycles. The van der Waals surface area contributed by atoms with Crippen molar-refractivity contribution in [1.82, 2.24) is 18.7 Å². The monoisotopic (exact) mass is 475 g/mol. The number of nitrogens with zero attached hydrogens (tertiary/aromatic N) is 4. The molecule has 0 aliphatic rings. The minimum Gasteiger partial charge on any atom is -0.325 e. The molecule has 0 fully saturated rings. The molecule has 160 valence electrons. The Hall–Kier alpha value is -2.68. The van der Waals surface area contributed by atoms with E-state index in [0.717, 1.165) is 34.7 Å². The van der Waals surface area contributed by atoms with Gasteiger partial charge < -0.3 is 9.88 Å². The second-order valence-corrected chi connectivity index (χ2v) is 8.12. The Morgan fingerprint density at radius 1 is 1.10 bits per heavy atom. The molecule has 1 amide bonds. The number of anilines is 1. The molecule has 2 aromatic heterocycles. The lowest BCUT2D eigenvalue weighted by Crippen LogP contribution is -2.43. The topological polar surface area (TPSA) is 90.9 Å². The molecule has 0 aliphatic carbocycles. The number of fused-ring (bicyclic) bond motifs is 1. The summed E-state index contributed by atoms with van der Waals surface area (Å²) in [7, 11) is 0. The van der Waals surface area contributed by atoms with Crippen molar-refractivity contribution in [2.45, 2.75) is 59.2 Å². The summed E-state index contributed by atoms with van der Waals surface area (Å²) < 4.78 is 5.12. The maximum absolute atomic E-state index is 13.2. The third-order valence-electron chi connectivity index (χ3n) is 4.88. The predicted molar refractivity (Wildman–Crippen MR) is 121 cm³/mol. The summed E-state index contributed by atoms with van der Waals surface area (Å²) in [6.07, 6.45) is 5.14. The first kappa shape index (κ1) is 22.0. The van der Waals surface area contributed by atoms with Crippen LogP contribution < -0.4 is 16.6 Å². The van der Waals surface area contributed by atoms with E-state index in [1.54, 1.807) is 29.1 Å². The lowest BCUT2D eigenvalue weighted by molar-refractivity contribution is -0.116. The minimum atomic E-state index is -0.508. The number of rotatable bonds is 9. The van der Waals surface area contributed by atoms with E-state index in [0.29, 0.717) is 29.9 Å². The van der Waals surface area contributed by atoms with Crippen molar-refractivity contribution >= 4 is 38.7 Å². The molecule has 30 heavy (non-hydrogen) atoms. The lowest BCUT2D eigenvalue weighted by atomic mass is 10.3. The van der Waals surface area contributed by atoms with E-state index in [-0.39, 0.29) is 6.54 Å². The van der Waals surface area contributed by atoms with E-state index in [1.165, 1.54) is 4.57 Å². The highest BCUT2D eigenvalue weighted by Gasteiger charge is 2.19. The van der Waals surface area contributed by atoms with Gasteiger partial charge in [-0.25, -0.2) is 14.3 Å². The largest absolute Gasteiger partial charge is 0.333 e. The first-order chi connectivity index (χ1) is 14.5. The Morgan fingerprint density at radius 2 is 1.83 bits per heavy atom. The van der Waals surface area contributed by atoms with Crippen LogP contribution in [0.5, 0.6) is 0 Å². The van der Waals surface area contributed by atoms with Gasteiger partial charge in [0.25, 0.3) is 5.56 Å². The number of nitrogens with one attached hydrogen (secondary N) is 1. The Balaban J connectivity index is 2.02. The molecule has 0 bridgehead atoms. The highest BCUT2D eigenvalue weighted by molar-refractivity contribution is 9.10. The molecule has 0 saturated carbocycles. The van der Waals surface area contributed by atoms with Gasteiger partial charge >= 0.3 is 5.69 Å². The van der Waals surface area contributed by atoms with Gasteiger partial charge in [0.15, 0.2) is 11.2 Å². The molecule has 0 radical (unpaired) electrons. The smallest absolute Gasteiger partial charge is 0.325 e. The van der Waals surface area contributed by atoms with Gasteiger partial charge in [-0.1, -0.05) is 48.7 Å². The number of unbranched alkanes of at least 4 members (excludes halogenated alkanes) is 2. The maximum atomic E-state index is 13.2. The van der Waals surface area contributed by atoms with Crippen LogP contribution >= 0.6 is 15.9 Å². The van der Waals surface area contributed by atoms with E-state index in [4.69, 9.17) is 0 Å². The van der Waals surface area contributed by atoms with Crippen LogP contribution in [0.4, 0.5) is 5.69 Å². The number of hydrogen-bond donors (Lipinski definition) is 1. The fourth-order valence-electron chi connectivity index (χ4n) is 3.30. The molecule has 0 unspecified atom stereocenters. The predicted octanol–water partition coefficient (Wildman–Crippen LogP) is 3.36. The molecule has 0 atom stereocenters. The minimum absolute atomic E-state index is 0.356. The van der Waals surface area contributed by atoms with Crippen molar-refractivity contribution in [3.8, 4) is 0 Å². The van der Waals surface area contributed by atoms with Gasteiger partial charge in [0.1, 0.15) is 6.54 Å². The van der Waals surface area contributed by atoms with Gasteiger partial charge in [0.05, 0.1) is 6.33 Å². The Bertz CT molecular complexity index is 1160. The van der Waals surface area contributed by atoms with Gasteiger partial charge in [-0.3, -0.25) is 14.2 Å². The van der Waals surface area contributed by atoms with Crippen LogP contribution in [-0.4, -0.2) is 24.6 Å². The zero-order valence-electron chi connectivity index (χ0n) is 17.2. The molecule has 0 saturated heterocycles. The fourth-order valence-corrected chi connectivity index (χ4v) is 3.70. The molecule has 1 N–H and O–H groups in total. The molecule has 8 nitrogen and oxygen atoms in total. The second-order valence-electron chi connectivity index (χ2n) is 7.20. The van der Waals surface area contributed by atoms with E-state index < -0.39 is 17.2 Å². The van der Waals surface area contributed by atoms with Gasteiger partial charge in [0, 0.05) is 23.2 Å². The highest BCUT2D eigenvalue weighted by Crippen LogP contribution is 2.15. The summed E-state index contributed by atoms with van der Waals surface area (Å²) in [5, 5.41) is 2.74. The van der Waals surface area contributed by atoms with Crippen LogP contribution in [0.3, 0.4) is 0 Å². The van der Waals surface area contributed by atoms with E-state index >= 15 is 0 Å². The van der Waals surface area contributed by atoms with E-state index in [2.05, 4.69) is 33.2 Å². The van der Waals surface area contributed by atoms with Crippen LogP contribution in [0.1, 0.15) is 39.5 Å². The van der Waals surface area contributed by atoms with Crippen LogP contribution in [0.2, 0.25) is 0 Å². The third-order valence-corrected chi connectivity index (χ3v) is 5.37. The van der Waals surface area contributed by atoms with Gasteiger partial charge in [-0.05, 0) is 31.0 Å². The van der Waals surface area contributed by atoms with Crippen molar-refractivity contribution in [2.24, 2.45) is 0 Å². The molecule has 0 spiro atoms. The van der Waals surface area contributed by atoms with Crippen molar-refractivity contribution in [3.63, 3.8) is 0 Å². The number of halogens is 1. The average Bonchev–Trinajstić information content (AvgIpc) is 3.13. The number of aromatic nitrogens is 4. The van der Waals surface area contributed by atoms with Gasteiger partial charge in [0.2, 0.25) is 5.91 Å². The van der Waals surface area contributed by atoms with Gasteiger partial charge in [-0.15, -0.1) is 0 Å². The molecular formula is C21H26BrN5O3. The van der Waals surface area contributed by atoms with Crippen molar-refractivity contribution < 1.29 is 4.79 Å². The summed E-state index contributed by atoms with van der Waals surface area (Å²) >= 11 is 3.36. The average molecular weight is 476 g/mol. The number of carbonyl (C=O) groups is 1. The zero-order chi connectivity index (χ0) is 21.7.